The molecule has 1 rings (SSSR count). The third kappa shape index (κ3) is 4.97. The van der Waals surface area contributed by atoms with Gasteiger partial charge in [0.15, 0.2) is 5.79 Å². The minimum absolute atomic E-state index is 0.340. The molecule has 128 valence electrons. The zero-order valence-electron chi connectivity index (χ0n) is 14.5. The normalized spacial score (nSPS) is 22.1. The number of piperidine rings is 1. The molecule has 1 heterocycles. The zero-order chi connectivity index (χ0) is 16.8. The highest BCUT2D eigenvalue weighted by Crippen LogP contribution is 2.30. The van der Waals surface area contributed by atoms with Crippen molar-refractivity contribution in [3.8, 4) is 0 Å². The van der Waals surface area contributed by atoms with E-state index in [1.165, 1.54) is 0 Å². The van der Waals surface area contributed by atoms with Crippen molar-refractivity contribution in [2.24, 2.45) is 0 Å². The first kappa shape index (κ1) is 18.9. The van der Waals surface area contributed by atoms with Crippen LogP contribution in [0.15, 0.2) is 12.2 Å². The summed E-state index contributed by atoms with van der Waals surface area (Å²) in [5.74, 6) is -0.833. The fourth-order valence-corrected chi connectivity index (χ4v) is 2.37. The van der Waals surface area contributed by atoms with E-state index in [1.807, 2.05) is 39.8 Å². The van der Waals surface area contributed by atoms with Gasteiger partial charge in [-0.15, -0.1) is 0 Å². The quantitative estimate of drug-likeness (QED) is 0.576. The van der Waals surface area contributed by atoms with E-state index >= 15 is 0 Å². The van der Waals surface area contributed by atoms with Crippen LogP contribution < -0.4 is 0 Å². The molecule has 0 N–H and O–H groups in total. The summed E-state index contributed by atoms with van der Waals surface area (Å²) >= 11 is 0. The molecule has 1 atom stereocenters. The van der Waals surface area contributed by atoms with Crippen molar-refractivity contribution >= 4 is 6.09 Å². The van der Waals surface area contributed by atoms with Crippen LogP contribution in [0.3, 0.4) is 0 Å². The maximum Gasteiger partial charge on any atom is 0.410 e. The van der Waals surface area contributed by atoms with Gasteiger partial charge in [-0.05, 0) is 27.7 Å². The molecule has 0 spiro atoms. The summed E-state index contributed by atoms with van der Waals surface area (Å²) in [6.07, 6.45) is 3.63. The highest BCUT2D eigenvalue weighted by molar-refractivity contribution is 5.68. The molecular formula is C16H29NO5. The lowest BCUT2D eigenvalue weighted by molar-refractivity contribution is -0.285. The first-order valence-corrected chi connectivity index (χ1v) is 7.59. The Morgan fingerprint density at radius 3 is 2.45 bits per heavy atom. The van der Waals surface area contributed by atoms with Crippen molar-refractivity contribution in [2.45, 2.75) is 51.6 Å². The number of ether oxygens (including phenoxy) is 4. The fourth-order valence-electron chi connectivity index (χ4n) is 2.37. The number of likely N-dealkylation sites (tertiary alicyclic amines) is 1. The van der Waals surface area contributed by atoms with Gasteiger partial charge in [-0.3, -0.25) is 0 Å². The van der Waals surface area contributed by atoms with Crippen LogP contribution in [0.25, 0.3) is 0 Å². The van der Waals surface area contributed by atoms with E-state index in [0.717, 1.165) is 0 Å². The van der Waals surface area contributed by atoms with Gasteiger partial charge in [0.05, 0.1) is 13.2 Å². The van der Waals surface area contributed by atoms with Crippen LogP contribution in [0, 0.1) is 0 Å². The van der Waals surface area contributed by atoms with Crippen molar-refractivity contribution in [2.75, 3.05) is 33.9 Å². The van der Waals surface area contributed by atoms with Gasteiger partial charge in [-0.2, -0.15) is 0 Å². The molecule has 22 heavy (non-hydrogen) atoms. The van der Waals surface area contributed by atoms with E-state index in [0.29, 0.717) is 26.1 Å². The van der Waals surface area contributed by atoms with E-state index in [2.05, 4.69) is 0 Å². The lowest BCUT2D eigenvalue weighted by Crippen LogP contribution is -2.60. The van der Waals surface area contributed by atoms with Gasteiger partial charge in [0, 0.05) is 27.2 Å². The van der Waals surface area contributed by atoms with Crippen molar-refractivity contribution in [1.29, 1.82) is 0 Å². The smallest absolute Gasteiger partial charge is 0.410 e. The molecule has 6 heteroatoms. The van der Waals surface area contributed by atoms with E-state index in [9.17, 15) is 4.79 Å². The molecular weight excluding hydrogens is 286 g/mol. The van der Waals surface area contributed by atoms with Gasteiger partial charge in [-0.1, -0.05) is 12.2 Å². The van der Waals surface area contributed by atoms with E-state index < -0.39 is 11.4 Å². The van der Waals surface area contributed by atoms with Crippen LogP contribution in [-0.2, 0) is 18.9 Å². The van der Waals surface area contributed by atoms with Crippen molar-refractivity contribution < 1.29 is 23.7 Å². The monoisotopic (exact) mass is 315 g/mol. The Bertz CT molecular complexity index is 384. The molecule has 1 saturated heterocycles. The highest BCUT2D eigenvalue weighted by atomic mass is 16.7. The number of rotatable bonds is 5. The summed E-state index contributed by atoms with van der Waals surface area (Å²) in [6, 6.07) is 0. The Balaban J connectivity index is 2.78. The lowest BCUT2D eigenvalue weighted by Gasteiger charge is -2.45. The van der Waals surface area contributed by atoms with Gasteiger partial charge in [0.2, 0.25) is 0 Å². The van der Waals surface area contributed by atoms with Crippen LogP contribution >= 0.6 is 0 Å². The number of amides is 1. The number of hydrogen-bond acceptors (Lipinski definition) is 5. The molecule has 0 aromatic carbocycles. The van der Waals surface area contributed by atoms with Crippen molar-refractivity contribution in [3.63, 3.8) is 0 Å². The molecule has 1 aliphatic rings. The third-order valence-electron chi connectivity index (χ3n) is 3.58. The van der Waals surface area contributed by atoms with Crippen LogP contribution in [-0.4, -0.2) is 62.4 Å². The zero-order valence-corrected chi connectivity index (χ0v) is 14.5. The maximum atomic E-state index is 12.2. The van der Waals surface area contributed by atoms with Crippen molar-refractivity contribution in [1.82, 2.24) is 4.90 Å². The SMILES string of the molecule is CC=CCOC1CN(C(=O)OC(C)(C)C)CCC1(OC)OC. The molecule has 0 aromatic heterocycles. The minimum Gasteiger partial charge on any atom is -0.444 e. The summed E-state index contributed by atoms with van der Waals surface area (Å²) in [5, 5.41) is 0. The Morgan fingerprint density at radius 1 is 1.32 bits per heavy atom. The number of nitrogens with zero attached hydrogens (tertiary/aromatic N) is 1. The van der Waals surface area contributed by atoms with Gasteiger partial charge < -0.3 is 23.8 Å². The van der Waals surface area contributed by atoms with Gasteiger partial charge in [0.1, 0.15) is 11.7 Å². The number of hydrogen-bond donors (Lipinski definition) is 0. The average Bonchev–Trinajstić information content (AvgIpc) is 2.46. The summed E-state index contributed by atoms with van der Waals surface area (Å²) in [7, 11) is 3.19. The minimum atomic E-state index is -0.833. The molecule has 1 unspecified atom stereocenters. The molecule has 0 bridgehead atoms. The fraction of sp³-hybridized carbons (Fsp3) is 0.812. The van der Waals surface area contributed by atoms with Crippen LogP contribution in [0.5, 0.6) is 0 Å². The highest BCUT2D eigenvalue weighted by Gasteiger charge is 2.46. The summed E-state index contributed by atoms with van der Waals surface area (Å²) in [5.41, 5.74) is -0.518. The second kappa shape index (κ2) is 7.94. The molecule has 6 nitrogen and oxygen atoms in total. The third-order valence-corrected chi connectivity index (χ3v) is 3.58. The molecule has 1 aliphatic heterocycles. The van der Waals surface area contributed by atoms with E-state index in [1.54, 1.807) is 19.1 Å². The maximum absolute atomic E-state index is 12.2. The van der Waals surface area contributed by atoms with Crippen LogP contribution in [0.2, 0.25) is 0 Å². The molecule has 1 amide bonds. The summed E-state index contributed by atoms with van der Waals surface area (Å²) < 4.78 is 22.4. The predicted molar refractivity (Wildman–Crippen MR) is 83.7 cm³/mol. The molecule has 0 aromatic rings. The second-order valence-electron chi connectivity index (χ2n) is 6.29. The Hall–Kier alpha value is -1.11. The molecule has 0 aliphatic carbocycles. The molecule has 1 fully saturated rings. The Kier molecular flexibility index (Phi) is 6.84. The first-order chi connectivity index (χ1) is 10.3. The van der Waals surface area contributed by atoms with Gasteiger partial charge >= 0.3 is 6.09 Å². The topological polar surface area (TPSA) is 57.2 Å². The Labute approximate surface area is 133 Å². The second-order valence-corrected chi connectivity index (χ2v) is 6.29. The number of carbonyl (C=O) groups is 1. The standard InChI is InChI=1S/C16H29NO5/c1-7-8-11-21-13-12-17(14(18)22-15(2,3)4)10-9-16(13,19-5)20-6/h7-8,13H,9-12H2,1-6H3. The number of methoxy groups -OCH3 is 2. The average molecular weight is 315 g/mol. The molecule has 0 radical (unpaired) electrons. The van der Waals surface area contributed by atoms with E-state index in [-0.39, 0.29) is 12.2 Å². The summed E-state index contributed by atoms with van der Waals surface area (Å²) in [6.45, 7) is 8.79. The lowest BCUT2D eigenvalue weighted by atomic mass is 10.00. The first-order valence-electron chi connectivity index (χ1n) is 7.59. The number of carbonyl (C=O) groups excluding carboxylic acids is 1. The van der Waals surface area contributed by atoms with Crippen LogP contribution in [0.1, 0.15) is 34.1 Å². The van der Waals surface area contributed by atoms with Crippen molar-refractivity contribution in [3.05, 3.63) is 12.2 Å². The number of allylic oxidation sites excluding steroid dienone is 1. The largest absolute Gasteiger partial charge is 0.444 e. The summed E-state index contributed by atoms with van der Waals surface area (Å²) in [4.78, 5) is 13.9. The van der Waals surface area contributed by atoms with E-state index in [4.69, 9.17) is 18.9 Å². The van der Waals surface area contributed by atoms with Crippen LogP contribution in [0.4, 0.5) is 4.79 Å². The Morgan fingerprint density at radius 2 is 1.95 bits per heavy atom. The van der Waals surface area contributed by atoms with Gasteiger partial charge in [-0.25, -0.2) is 4.79 Å². The van der Waals surface area contributed by atoms with Gasteiger partial charge in [0.25, 0.3) is 0 Å². The molecule has 0 saturated carbocycles. The predicted octanol–water partition coefficient (Wildman–Crippen LogP) is 2.58.